The highest BCUT2D eigenvalue weighted by atomic mass is 79.9. The first-order chi connectivity index (χ1) is 8.90. The van der Waals surface area contributed by atoms with Crippen LogP contribution in [0.15, 0.2) is 22.7 Å². The first-order valence-corrected chi connectivity index (χ1v) is 7.34. The monoisotopic (exact) mass is 341 g/mol. The van der Waals surface area contributed by atoms with E-state index in [1.54, 1.807) is 4.68 Å². The Bertz CT molecular complexity index is 605. The van der Waals surface area contributed by atoms with E-state index in [0.717, 1.165) is 33.5 Å². The number of rotatable bonds is 3. The van der Waals surface area contributed by atoms with Crippen LogP contribution in [0.4, 0.5) is 5.82 Å². The van der Waals surface area contributed by atoms with Crippen molar-refractivity contribution < 1.29 is 0 Å². The van der Waals surface area contributed by atoms with Crippen LogP contribution < -0.4 is 5.73 Å². The fourth-order valence-electron chi connectivity index (χ4n) is 2.09. The van der Waals surface area contributed by atoms with Crippen molar-refractivity contribution in [2.45, 2.75) is 20.3 Å². The summed E-state index contributed by atoms with van der Waals surface area (Å²) in [5, 5.41) is 5.24. The lowest BCUT2D eigenvalue weighted by molar-refractivity contribution is 0.648. The first kappa shape index (κ1) is 14.4. The Labute approximate surface area is 126 Å². The summed E-state index contributed by atoms with van der Waals surface area (Å²) in [6.45, 7) is 4.35. The zero-order valence-corrected chi connectivity index (χ0v) is 13.6. The first-order valence-electron chi connectivity index (χ1n) is 6.17. The molecule has 5 heteroatoms. The van der Waals surface area contributed by atoms with E-state index in [4.69, 9.17) is 17.3 Å². The summed E-state index contributed by atoms with van der Waals surface area (Å²) in [7, 11) is 1.87. The van der Waals surface area contributed by atoms with Crippen molar-refractivity contribution in [3.63, 3.8) is 0 Å². The summed E-state index contributed by atoms with van der Waals surface area (Å²) in [6, 6.07) is 5.71. The minimum Gasteiger partial charge on any atom is -0.384 e. The fourth-order valence-corrected chi connectivity index (χ4v) is 2.96. The molecule has 0 unspecified atom stereocenters. The SMILES string of the molecule is CC(C)Cc1c(-c2ccc(Cl)cc2Br)nn(C)c1N. The van der Waals surface area contributed by atoms with E-state index in [-0.39, 0.29) is 0 Å². The Hall–Kier alpha value is -1.00. The van der Waals surface area contributed by atoms with Gasteiger partial charge in [0.15, 0.2) is 0 Å². The molecule has 0 atom stereocenters. The Balaban J connectivity index is 2.58. The van der Waals surface area contributed by atoms with Gasteiger partial charge in [0.2, 0.25) is 0 Å². The number of benzene rings is 1. The highest BCUT2D eigenvalue weighted by Crippen LogP contribution is 2.35. The van der Waals surface area contributed by atoms with Gasteiger partial charge < -0.3 is 5.73 Å². The van der Waals surface area contributed by atoms with Gasteiger partial charge in [0.25, 0.3) is 0 Å². The van der Waals surface area contributed by atoms with Crippen molar-refractivity contribution >= 4 is 33.3 Å². The number of nitrogens with zero attached hydrogens (tertiary/aromatic N) is 2. The van der Waals surface area contributed by atoms with E-state index in [1.807, 2.05) is 25.2 Å². The molecule has 0 aliphatic rings. The highest BCUT2D eigenvalue weighted by molar-refractivity contribution is 9.10. The summed E-state index contributed by atoms with van der Waals surface area (Å²) in [5.41, 5.74) is 9.17. The molecule has 0 aliphatic carbocycles. The topological polar surface area (TPSA) is 43.8 Å². The van der Waals surface area contributed by atoms with Gasteiger partial charge in [-0.05, 0) is 24.5 Å². The van der Waals surface area contributed by atoms with E-state index in [1.165, 1.54) is 0 Å². The van der Waals surface area contributed by atoms with Crippen molar-refractivity contribution in [2.24, 2.45) is 13.0 Å². The zero-order valence-electron chi connectivity index (χ0n) is 11.2. The number of aryl methyl sites for hydroxylation is 1. The number of hydrogen-bond acceptors (Lipinski definition) is 2. The average Bonchev–Trinajstić information content (AvgIpc) is 2.57. The summed E-state index contributed by atoms with van der Waals surface area (Å²) < 4.78 is 2.66. The van der Waals surface area contributed by atoms with Crippen molar-refractivity contribution in [1.29, 1.82) is 0 Å². The van der Waals surface area contributed by atoms with Gasteiger partial charge in [-0.2, -0.15) is 5.10 Å². The Morgan fingerprint density at radius 1 is 1.42 bits per heavy atom. The normalized spacial score (nSPS) is 11.3. The molecule has 0 bridgehead atoms. The van der Waals surface area contributed by atoms with Crippen LogP contribution in [0.25, 0.3) is 11.3 Å². The van der Waals surface area contributed by atoms with Crippen molar-refractivity contribution in [1.82, 2.24) is 9.78 Å². The molecule has 1 aromatic heterocycles. The molecule has 2 N–H and O–H groups in total. The maximum Gasteiger partial charge on any atom is 0.125 e. The van der Waals surface area contributed by atoms with Gasteiger partial charge in [-0.15, -0.1) is 0 Å². The Morgan fingerprint density at radius 3 is 2.68 bits per heavy atom. The molecule has 2 rings (SSSR count). The molecule has 0 saturated carbocycles. The van der Waals surface area contributed by atoms with Crippen LogP contribution in [0.1, 0.15) is 19.4 Å². The van der Waals surface area contributed by atoms with E-state index >= 15 is 0 Å². The van der Waals surface area contributed by atoms with Crippen LogP contribution in [0.5, 0.6) is 0 Å². The highest BCUT2D eigenvalue weighted by Gasteiger charge is 2.18. The Morgan fingerprint density at radius 2 is 2.11 bits per heavy atom. The van der Waals surface area contributed by atoms with Crippen molar-refractivity contribution in [3.8, 4) is 11.3 Å². The number of nitrogens with two attached hydrogens (primary N) is 1. The minimum atomic E-state index is 0.524. The second-order valence-electron chi connectivity index (χ2n) is 5.06. The van der Waals surface area contributed by atoms with Gasteiger partial charge in [-0.25, -0.2) is 0 Å². The van der Waals surface area contributed by atoms with Crippen molar-refractivity contribution in [2.75, 3.05) is 5.73 Å². The number of aromatic nitrogens is 2. The molecule has 102 valence electrons. The van der Waals surface area contributed by atoms with E-state index < -0.39 is 0 Å². The molecule has 2 aromatic rings. The molecule has 0 saturated heterocycles. The lowest BCUT2D eigenvalue weighted by Crippen LogP contribution is -2.02. The van der Waals surface area contributed by atoms with Gasteiger partial charge in [-0.3, -0.25) is 4.68 Å². The summed E-state index contributed by atoms with van der Waals surface area (Å²) >= 11 is 9.53. The van der Waals surface area contributed by atoms with Crippen LogP contribution in [0, 0.1) is 5.92 Å². The predicted octanol–water partition coefficient (Wildman–Crippen LogP) is 4.28. The largest absolute Gasteiger partial charge is 0.384 e. The predicted molar refractivity (Wildman–Crippen MR) is 84.3 cm³/mol. The number of anilines is 1. The molecule has 19 heavy (non-hydrogen) atoms. The molecular formula is C14H17BrClN3. The van der Waals surface area contributed by atoms with E-state index in [9.17, 15) is 0 Å². The van der Waals surface area contributed by atoms with Crippen LogP contribution in [-0.2, 0) is 13.5 Å². The lowest BCUT2D eigenvalue weighted by atomic mass is 9.99. The summed E-state index contributed by atoms with van der Waals surface area (Å²) in [6.07, 6.45) is 0.907. The zero-order chi connectivity index (χ0) is 14.2. The average molecular weight is 343 g/mol. The molecule has 1 aromatic carbocycles. The third-order valence-corrected chi connectivity index (χ3v) is 3.88. The number of halogens is 2. The van der Waals surface area contributed by atoms with E-state index in [2.05, 4.69) is 34.9 Å². The summed E-state index contributed by atoms with van der Waals surface area (Å²) in [5.74, 6) is 1.25. The minimum absolute atomic E-state index is 0.524. The van der Waals surface area contributed by atoms with Crippen LogP contribution in [0.2, 0.25) is 5.02 Å². The maximum absolute atomic E-state index is 6.13. The molecule has 3 nitrogen and oxygen atoms in total. The van der Waals surface area contributed by atoms with Crippen molar-refractivity contribution in [3.05, 3.63) is 33.3 Å². The van der Waals surface area contributed by atoms with Gasteiger partial charge in [-0.1, -0.05) is 47.4 Å². The molecule has 0 radical (unpaired) electrons. The number of hydrogen-bond donors (Lipinski definition) is 1. The standard InChI is InChI=1S/C14H17BrClN3/c1-8(2)6-11-13(18-19(3)14(11)17)10-5-4-9(16)7-12(10)15/h4-5,7-8H,6,17H2,1-3H3. The Kier molecular flexibility index (Phi) is 4.21. The molecule has 1 heterocycles. The summed E-state index contributed by atoms with van der Waals surface area (Å²) in [4.78, 5) is 0. The molecule has 0 amide bonds. The molecular weight excluding hydrogens is 326 g/mol. The second-order valence-corrected chi connectivity index (χ2v) is 6.35. The van der Waals surface area contributed by atoms with Gasteiger partial charge in [0.05, 0.1) is 5.69 Å². The maximum atomic E-state index is 6.13. The van der Waals surface area contributed by atoms with Gasteiger partial charge >= 0.3 is 0 Å². The molecule has 0 fully saturated rings. The van der Waals surface area contributed by atoms with Gasteiger partial charge in [0.1, 0.15) is 5.82 Å². The van der Waals surface area contributed by atoms with Crippen LogP contribution in [-0.4, -0.2) is 9.78 Å². The van der Waals surface area contributed by atoms with Crippen LogP contribution >= 0.6 is 27.5 Å². The second kappa shape index (κ2) is 5.55. The van der Waals surface area contributed by atoms with Gasteiger partial charge in [0, 0.05) is 27.7 Å². The molecule has 0 spiro atoms. The lowest BCUT2D eigenvalue weighted by Gasteiger charge is -2.08. The quantitative estimate of drug-likeness (QED) is 0.904. The molecule has 0 aliphatic heterocycles. The number of nitrogen functional groups attached to an aromatic ring is 1. The fraction of sp³-hybridized carbons (Fsp3) is 0.357. The third kappa shape index (κ3) is 2.95. The van der Waals surface area contributed by atoms with E-state index in [0.29, 0.717) is 10.9 Å². The third-order valence-electron chi connectivity index (χ3n) is 2.99. The smallest absolute Gasteiger partial charge is 0.125 e. The van der Waals surface area contributed by atoms with Crippen LogP contribution in [0.3, 0.4) is 0 Å².